The molecule has 4 heteroatoms. The van der Waals surface area contributed by atoms with Gasteiger partial charge in [0.05, 0.1) is 38.9 Å². The third-order valence-corrected chi connectivity index (χ3v) is 10.4. The molecule has 2 heterocycles. The lowest BCUT2D eigenvalue weighted by atomic mass is 9.83. The second kappa shape index (κ2) is 14.7. The van der Waals surface area contributed by atoms with Gasteiger partial charge in [-0.05, 0) is 110 Å². The minimum atomic E-state index is -0.899. The van der Waals surface area contributed by atoms with Gasteiger partial charge in [0, 0.05) is 24.2 Å². The van der Waals surface area contributed by atoms with Crippen LogP contribution in [0, 0.1) is 0 Å². The average molecular weight is 755 g/mol. The van der Waals surface area contributed by atoms with Crippen molar-refractivity contribution in [3.63, 3.8) is 0 Å². The van der Waals surface area contributed by atoms with Crippen LogP contribution in [0.25, 0.3) is 72.7 Å². The summed E-state index contributed by atoms with van der Waals surface area (Å²) < 4.78 is 80.2. The molecule has 0 unspecified atom stereocenters. The highest BCUT2D eigenvalue weighted by Crippen LogP contribution is 2.42. The van der Waals surface area contributed by atoms with Gasteiger partial charge in [0.2, 0.25) is 0 Å². The molecule has 284 valence electrons. The Morgan fingerprint density at radius 3 is 2.04 bits per heavy atom. The number of hydrogen-bond donors (Lipinski definition) is 1. The Kier molecular flexibility index (Phi) is 7.25. The zero-order valence-corrected chi connectivity index (χ0v) is 33.6. The predicted molar refractivity (Wildman–Crippen MR) is 239 cm³/mol. The van der Waals surface area contributed by atoms with E-state index >= 15 is 0 Å². The van der Waals surface area contributed by atoms with Gasteiger partial charge in [0.25, 0.3) is 0 Å². The molecule has 57 heavy (non-hydrogen) atoms. The van der Waals surface area contributed by atoms with E-state index in [2.05, 4.69) is 76.9 Å². The SMILES string of the molecule is [2H]c1nc(-c2cc(-c3cccc4c3nc(-c3ccccc3O)n4-c3ccc(C([2H])(C)C)cc3-c3ccc(C(C)(C)C)cc3)cc(C(C)(C)C)c2)c([2H])c(-c2c([2H])c([2H])c([2H])c([2H])c2[2H])c1[2H]. The zero-order chi connectivity index (χ0) is 47.9. The van der Waals surface area contributed by atoms with Crippen LogP contribution in [0.4, 0.5) is 0 Å². The molecule has 0 fully saturated rings. The summed E-state index contributed by atoms with van der Waals surface area (Å²) in [5.41, 5.74) is 8.05. The fourth-order valence-corrected chi connectivity index (χ4v) is 7.15. The second-order valence-corrected chi connectivity index (χ2v) is 16.8. The summed E-state index contributed by atoms with van der Waals surface area (Å²) in [6, 6.07) is 29.4. The van der Waals surface area contributed by atoms with Crippen molar-refractivity contribution in [3.05, 3.63) is 168 Å². The lowest BCUT2D eigenvalue weighted by Gasteiger charge is -2.22. The Morgan fingerprint density at radius 2 is 1.33 bits per heavy atom. The van der Waals surface area contributed by atoms with Crippen LogP contribution in [0.3, 0.4) is 0 Å². The quantitative estimate of drug-likeness (QED) is 0.176. The van der Waals surface area contributed by atoms with Gasteiger partial charge in [0.1, 0.15) is 11.6 Å². The third kappa shape index (κ3) is 7.40. The molecule has 6 aromatic carbocycles. The molecule has 0 aliphatic heterocycles. The molecule has 0 spiro atoms. The largest absolute Gasteiger partial charge is 0.507 e. The highest BCUT2D eigenvalue weighted by Gasteiger charge is 2.24. The van der Waals surface area contributed by atoms with Crippen LogP contribution >= 0.6 is 0 Å². The number of hydrogen-bond acceptors (Lipinski definition) is 3. The van der Waals surface area contributed by atoms with E-state index in [1.54, 1.807) is 12.1 Å². The Morgan fingerprint density at radius 1 is 0.632 bits per heavy atom. The molecule has 0 bridgehead atoms. The summed E-state index contributed by atoms with van der Waals surface area (Å²) in [6.45, 7) is 16.4. The maximum atomic E-state index is 11.4. The van der Waals surface area contributed by atoms with Gasteiger partial charge in [-0.25, -0.2) is 4.98 Å². The van der Waals surface area contributed by atoms with E-state index in [-0.39, 0.29) is 34.0 Å². The molecule has 0 saturated heterocycles. The van der Waals surface area contributed by atoms with Gasteiger partial charge in [-0.1, -0.05) is 146 Å². The standard InChI is InChI=1S/C53H51N3O/c1-34(2)37-23-26-47(45(32-37)36-21-24-41(25-22-36)52(3,4)5)56-48-19-14-18-43(50(48)55-51(56)44-17-12-13-20-49(44)57)39-29-40(31-42(30-39)53(6,7)8)46-33-38(27-28-54-46)35-15-10-9-11-16-35/h9-34,57H,1-8H3/i9D,10D,11D,15D,16D,27D,28D,33D,34D. The molecule has 2 aromatic heterocycles. The number of para-hydroxylation sites is 2. The monoisotopic (exact) mass is 754 g/mol. The zero-order valence-electron chi connectivity index (χ0n) is 42.6. The molecule has 0 aliphatic carbocycles. The fourth-order valence-electron chi connectivity index (χ4n) is 7.15. The minimum absolute atomic E-state index is 0.0114. The topological polar surface area (TPSA) is 50.9 Å². The Bertz CT molecular complexity index is 3220. The molecular formula is C53H51N3O. The molecule has 0 saturated carbocycles. The van der Waals surface area contributed by atoms with E-state index < -0.39 is 53.7 Å². The van der Waals surface area contributed by atoms with Crippen molar-refractivity contribution >= 4 is 11.0 Å². The summed E-state index contributed by atoms with van der Waals surface area (Å²) in [7, 11) is 0. The Labute approximate surface area is 350 Å². The molecule has 0 amide bonds. The first-order valence-electron chi connectivity index (χ1n) is 23.7. The van der Waals surface area contributed by atoms with Crippen LogP contribution in [0.1, 0.15) is 90.3 Å². The van der Waals surface area contributed by atoms with Crippen LogP contribution in [0.5, 0.6) is 5.75 Å². The molecule has 8 rings (SSSR count). The van der Waals surface area contributed by atoms with E-state index in [4.69, 9.17) is 16.0 Å². The number of nitrogens with zero attached hydrogens (tertiary/aromatic N) is 3. The van der Waals surface area contributed by atoms with Crippen LogP contribution in [-0.4, -0.2) is 19.6 Å². The van der Waals surface area contributed by atoms with Gasteiger partial charge in [-0.2, -0.15) is 0 Å². The molecule has 8 aromatic rings. The van der Waals surface area contributed by atoms with Gasteiger partial charge in [-0.15, -0.1) is 0 Å². The van der Waals surface area contributed by atoms with Crippen molar-refractivity contribution in [1.29, 1.82) is 0 Å². The summed E-state index contributed by atoms with van der Waals surface area (Å²) in [6.07, 6.45) is -0.512. The number of imidazole rings is 1. The Hall–Kier alpha value is -6.26. The summed E-state index contributed by atoms with van der Waals surface area (Å²) in [5.74, 6) is -0.374. The van der Waals surface area contributed by atoms with Gasteiger partial charge >= 0.3 is 0 Å². The van der Waals surface area contributed by atoms with Gasteiger partial charge in [0.15, 0.2) is 0 Å². The van der Waals surface area contributed by atoms with Crippen LogP contribution < -0.4 is 0 Å². The fraction of sp³-hybridized carbons (Fsp3) is 0.208. The normalized spacial score (nSPS) is 14.5. The van der Waals surface area contributed by atoms with E-state index in [0.717, 1.165) is 39.0 Å². The summed E-state index contributed by atoms with van der Waals surface area (Å²) in [4.78, 5) is 9.79. The second-order valence-electron chi connectivity index (χ2n) is 16.8. The lowest BCUT2D eigenvalue weighted by Crippen LogP contribution is -2.11. The molecule has 4 nitrogen and oxygen atoms in total. The number of fused-ring (bicyclic) bond motifs is 1. The van der Waals surface area contributed by atoms with Crippen molar-refractivity contribution in [2.45, 2.75) is 72.1 Å². The smallest absolute Gasteiger partial charge is 0.149 e. The van der Waals surface area contributed by atoms with E-state index in [0.29, 0.717) is 28.0 Å². The van der Waals surface area contributed by atoms with E-state index in [1.165, 1.54) is 5.56 Å². The van der Waals surface area contributed by atoms with E-state index in [9.17, 15) is 6.48 Å². The van der Waals surface area contributed by atoms with Crippen molar-refractivity contribution in [1.82, 2.24) is 14.5 Å². The predicted octanol–water partition coefficient (Wildman–Crippen LogP) is 14.2. The molecular weight excluding hydrogens is 695 g/mol. The van der Waals surface area contributed by atoms with Crippen molar-refractivity contribution in [2.75, 3.05) is 0 Å². The maximum absolute atomic E-state index is 11.4. The minimum Gasteiger partial charge on any atom is -0.507 e. The van der Waals surface area contributed by atoms with Crippen molar-refractivity contribution in [3.8, 4) is 67.5 Å². The number of aromatic hydroxyl groups is 1. The van der Waals surface area contributed by atoms with Gasteiger partial charge < -0.3 is 5.11 Å². The number of aromatic nitrogens is 3. The number of rotatable bonds is 7. The van der Waals surface area contributed by atoms with Crippen molar-refractivity contribution in [2.24, 2.45) is 0 Å². The molecule has 0 radical (unpaired) electrons. The number of pyridine rings is 1. The molecule has 0 aliphatic rings. The molecule has 1 N–H and O–H groups in total. The van der Waals surface area contributed by atoms with Crippen LogP contribution in [0.15, 0.2) is 152 Å². The first-order chi connectivity index (χ1) is 30.9. The number of phenols is 1. The number of benzene rings is 6. The number of phenolic OH excluding ortho intramolecular Hbond substituents is 1. The molecule has 0 atom stereocenters. The summed E-state index contributed by atoms with van der Waals surface area (Å²) >= 11 is 0. The van der Waals surface area contributed by atoms with E-state index in [1.807, 2.05) is 79.1 Å². The lowest BCUT2D eigenvalue weighted by molar-refractivity contribution is 0.477. The highest BCUT2D eigenvalue weighted by molar-refractivity contribution is 5.97. The first kappa shape index (κ1) is 28.2. The van der Waals surface area contributed by atoms with Crippen LogP contribution in [-0.2, 0) is 10.8 Å². The summed E-state index contributed by atoms with van der Waals surface area (Å²) in [5, 5.41) is 11.4. The van der Waals surface area contributed by atoms with Crippen LogP contribution in [0.2, 0.25) is 0 Å². The third-order valence-electron chi connectivity index (χ3n) is 10.4. The van der Waals surface area contributed by atoms with Gasteiger partial charge in [-0.3, -0.25) is 9.55 Å². The maximum Gasteiger partial charge on any atom is 0.149 e. The highest BCUT2D eigenvalue weighted by atomic mass is 16.3. The van der Waals surface area contributed by atoms with Crippen molar-refractivity contribution < 1.29 is 17.4 Å². The Balaban J connectivity index is 1.42. The average Bonchev–Trinajstić information content (AvgIpc) is 3.65. The first-order valence-corrected chi connectivity index (χ1v) is 19.2.